The maximum absolute atomic E-state index is 12.2. The first-order valence-electron chi connectivity index (χ1n) is 7.41. The van der Waals surface area contributed by atoms with E-state index in [0.717, 1.165) is 18.4 Å². The van der Waals surface area contributed by atoms with Gasteiger partial charge in [0, 0.05) is 29.2 Å². The molecule has 0 aliphatic heterocycles. The number of carbonyl (C=O) groups is 1. The maximum atomic E-state index is 12.2. The smallest absolute Gasteiger partial charge is 0.323 e. The zero-order chi connectivity index (χ0) is 17.3. The Labute approximate surface area is 153 Å². The highest BCUT2D eigenvalue weighted by Gasteiger charge is 2.29. The number of benzene rings is 1. The predicted molar refractivity (Wildman–Crippen MR) is 95.7 cm³/mol. The third-order valence-corrected chi connectivity index (χ3v) is 5.16. The summed E-state index contributed by atoms with van der Waals surface area (Å²) in [5.74, 6) is 0.356. The van der Waals surface area contributed by atoms with Crippen molar-refractivity contribution in [2.75, 3.05) is 18.9 Å². The summed E-state index contributed by atoms with van der Waals surface area (Å²) in [6.07, 6.45) is 1.27. The van der Waals surface area contributed by atoms with Gasteiger partial charge in [-0.25, -0.2) is 4.79 Å². The molecular weight excluding hydrogens is 371 g/mol. The highest BCUT2D eigenvalue weighted by atomic mass is 35.5. The van der Waals surface area contributed by atoms with Crippen LogP contribution in [0, 0.1) is 5.92 Å². The first-order chi connectivity index (χ1) is 11.4. The lowest BCUT2D eigenvalue weighted by Gasteiger charge is -2.34. The second-order valence-electron chi connectivity index (χ2n) is 5.87. The minimum atomic E-state index is -0.247. The largest absolute Gasteiger partial charge is 0.393 e. The Bertz CT molecular complexity index is 729. The number of aliphatic hydroxyl groups is 1. The summed E-state index contributed by atoms with van der Waals surface area (Å²) in [5.41, 5.74) is 0.752. The molecule has 3 rings (SSSR count). The monoisotopic (exact) mass is 386 g/mol. The van der Waals surface area contributed by atoms with E-state index in [9.17, 15) is 9.90 Å². The minimum Gasteiger partial charge on any atom is -0.393 e. The van der Waals surface area contributed by atoms with Crippen LogP contribution >= 0.6 is 34.5 Å². The van der Waals surface area contributed by atoms with Crippen LogP contribution in [0.25, 0.3) is 10.6 Å². The molecule has 1 aromatic heterocycles. The molecule has 0 saturated heterocycles. The molecule has 2 N–H and O–H groups in total. The van der Waals surface area contributed by atoms with Gasteiger partial charge in [0.25, 0.3) is 0 Å². The van der Waals surface area contributed by atoms with Crippen LogP contribution in [0.1, 0.15) is 12.8 Å². The molecule has 0 atom stereocenters. The van der Waals surface area contributed by atoms with E-state index in [1.807, 2.05) is 0 Å². The molecule has 0 bridgehead atoms. The number of carbonyl (C=O) groups excluding carboxylic acids is 1. The fraction of sp³-hybridized carbons (Fsp3) is 0.400. The van der Waals surface area contributed by atoms with Crippen molar-refractivity contribution in [1.29, 1.82) is 0 Å². The van der Waals surface area contributed by atoms with Crippen molar-refractivity contribution in [2.45, 2.75) is 18.9 Å². The Morgan fingerprint density at radius 1 is 1.33 bits per heavy atom. The molecule has 0 radical (unpaired) electrons. The van der Waals surface area contributed by atoms with Crippen LogP contribution in [0.15, 0.2) is 18.2 Å². The van der Waals surface area contributed by atoms with E-state index in [-0.39, 0.29) is 12.1 Å². The Morgan fingerprint density at radius 2 is 2.00 bits per heavy atom. The number of anilines is 1. The van der Waals surface area contributed by atoms with E-state index >= 15 is 0 Å². The zero-order valence-electron chi connectivity index (χ0n) is 12.9. The molecule has 2 amide bonds. The Hall–Kier alpha value is -1.41. The van der Waals surface area contributed by atoms with Crippen molar-refractivity contribution in [3.63, 3.8) is 0 Å². The number of nitrogens with zero attached hydrogens (tertiary/aromatic N) is 3. The molecule has 128 valence electrons. The van der Waals surface area contributed by atoms with Gasteiger partial charge in [0.15, 0.2) is 0 Å². The van der Waals surface area contributed by atoms with Gasteiger partial charge in [-0.2, -0.15) is 0 Å². The lowest BCUT2D eigenvalue weighted by Crippen LogP contribution is -2.41. The Kier molecular flexibility index (Phi) is 5.24. The first-order valence-corrected chi connectivity index (χ1v) is 8.98. The van der Waals surface area contributed by atoms with Crippen LogP contribution in [0.3, 0.4) is 0 Å². The van der Waals surface area contributed by atoms with Crippen LogP contribution in [0.5, 0.6) is 0 Å². The molecule has 6 nitrogen and oxygen atoms in total. The van der Waals surface area contributed by atoms with E-state index in [2.05, 4.69) is 15.5 Å². The van der Waals surface area contributed by atoms with E-state index in [1.165, 1.54) is 11.3 Å². The van der Waals surface area contributed by atoms with Gasteiger partial charge in [-0.3, -0.25) is 5.32 Å². The quantitative estimate of drug-likeness (QED) is 0.838. The summed E-state index contributed by atoms with van der Waals surface area (Å²) >= 11 is 13.2. The number of hydrogen-bond donors (Lipinski definition) is 2. The van der Waals surface area contributed by atoms with E-state index in [0.29, 0.717) is 32.6 Å². The highest BCUT2D eigenvalue weighted by Crippen LogP contribution is 2.31. The summed E-state index contributed by atoms with van der Waals surface area (Å²) < 4.78 is 0. The summed E-state index contributed by atoms with van der Waals surface area (Å²) in [6.45, 7) is 0.610. The van der Waals surface area contributed by atoms with Crippen LogP contribution in [0.2, 0.25) is 10.0 Å². The van der Waals surface area contributed by atoms with Crippen molar-refractivity contribution in [1.82, 2.24) is 15.1 Å². The Balaban J connectivity index is 1.62. The van der Waals surface area contributed by atoms with Crippen molar-refractivity contribution < 1.29 is 9.90 Å². The van der Waals surface area contributed by atoms with E-state index < -0.39 is 0 Å². The van der Waals surface area contributed by atoms with Crippen molar-refractivity contribution >= 4 is 45.7 Å². The van der Waals surface area contributed by atoms with Crippen LogP contribution in [0.4, 0.5) is 9.93 Å². The fourth-order valence-electron chi connectivity index (χ4n) is 2.57. The fourth-order valence-corrected chi connectivity index (χ4v) is 3.82. The van der Waals surface area contributed by atoms with E-state index in [4.69, 9.17) is 23.2 Å². The molecule has 0 spiro atoms. The van der Waals surface area contributed by atoms with Crippen LogP contribution in [-0.2, 0) is 0 Å². The summed E-state index contributed by atoms with van der Waals surface area (Å²) in [4.78, 5) is 13.8. The van der Waals surface area contributed by atoms with Gasteiger partial charge < -0.3 is 10.0 Å². The number of nitrogens with one attached hydrogen (secondary N) is 1. The zero-order valence-corrected chi connectivity index (χ0v) is 15.2. The second-order valence-corrected chi connectivity index (χ2v) is 7.72. The van der Waals surface area contributed by atoms with E-state index in [1.54, 1.807) is 30.1 Å². The summed E-state index contributed by atoms with van der Waals surface area (Å²) in [5, 5.41) is 22.1. The van der Waals surface area contributed by atoms with Gasteiger partial charge in [0.05, 0.1) is 6.10 Å². The molecule has 1 aromatic carbocycles. The molecule has 0 unspecified atom stereocenters. The summed E-state index contributed by atoms with van der Waals surface area (Å²) in [6, 6.07) is 4.88. The molecule has 1 saturated carbocycles. The number of amides is 2. The highest BCUT2D eigenvalue weighted by molar-refractivity contribution is 7.18. The number of rotatable bonds is 4. The third kappa shape index (κ3) is 4.16. The summed E-state index contributed by atoms with van der Waals surface area (Å²) in [7, 11) is 1.72. The molecule has 2 aromatic rings. The molecular formula is C15H16Cl2N4O2S. The number of aliphatic hydroxyl groups excluding tert-OH is 1. The number of aromatic nitrogens is 2. The van der Waals surface area contributed by atoms with Crippen molar-refractivity contribution in [3.05, 3.63) is 28.2 Å². The third-order valence-electron chi connectivity index (χ3n) is 3.84. The number of halogens is 2. The standard InChI is InChI=1S/C15H16Cl2N4O2S/c1-21(7-8-2-12(22)3-8)15(23)18-14-20-19-13(24-14)9-4-10(16)6-11(17)5-9/h4-6,8,12,22H,2-3,7H2,1H3,(H,18,20,23). The molecule has 1 aliphatic rings. The maximum Gasteiger partial charge on any atom is 0.323 e. The van der Waals surface area contributed by atoms with Gasteiger partial charge in [0.1, 0.15) is 5.01 Å². The topological polar surface area (TPSA) is 78.4 Å². The van der Waals surface area contributed by atoms with Crippen LogP contribution in [-0.4, -0.2) is 45.9 Å². The molecule has 1 aliphatic carbocycles. The van der Waals surface area contributed by atoms with Gasteiger partial charge in [-0.15, -0.1) is 10.2 Å². The lowest BCUT2D eigenvalue weighted by molar-refractivity contribution is 0.0332. The number of urea groups is 1. The van der Waals surface area contributed by atoms with Gasteiger partial charge in [-0.05, 0) is 37.0 Å². The van der Waals surface area contributed by atoms with Crippen LogP contribution < -0.4 is 5.32 Å². The van der Waals surface area contributed by atoms with Crippen molar-refractivity contribution in [3.8, 4) is 10.6 Å². The average Bonchev–Trinajstić information content (AvgIpc) is 2.93. The average molecular weight is 387 g/mol. The first kappa shape index (κ1) is 17.4. The molecule has 9 heteroatoms. The molecule has 1 heterocycles. The SMILES string of the molecule is CN(CC1CC(O)C1)C(=O)Nc1nnc(-c2cc(Cl)cc(Cl)c2)s1. The molecule has 1 fully saturated rings. The minimum absolute atomic E-state index is 0.221. The predicted octanol–water partition coefficient (Wildman–Crippen LogP) is 3.75. The number of hydrogen-bond acceptors (Lipinski definition) is 5. The normalized spacial score (nSPS) is 19.7. The van der Waals surface area contributed by atoms with Gasteiger partial charge in [-0.1, -0.05) is 34.5 Å². The second kappa shape index (κ2) is 7.23. The lowest BCUT2D eigenvalue weighted by atomic mass is 9.82. The Morgan fingerprint density at radius 3 is 2.62 bits per heavy atom. The van der Waals surface area contributed by atoms with Crippen molar-refractivity contribution in [2.24, 2.45) is 5.92 Å². The molecule has 24 heavy (non-hydrogen) atoms. The van der Waals surface area contributed by atoms with Gasteiger partial charge >= 0.3 is 6.03 Å². The van der Waals surface area contributed by atoms with Gasteiger partial charge in [0.2, 0.25) is 5.13 Å².